The normalized spacial score (nSPS) is 13.4. The summed E-state index contributed by atoms with van der Waals surface area (Å²) in [5.41, 5.74) is 10.9. The van der Waals surface area contributed by atoms with Crippen molar-refractivity contribution in [3.05, 3.63) is 53.7 Å². The fourth-order valence-electron chi connectivity index (χ4n) is 2.02. The quantitative estimate of drug-likeness (QED) is 0.264. The molecule has 1 atom stereocenters. The maximum atomic E-state index is 12.6. The Bertz CT molecular complexity index is 900. The van der Waals surface area contributed by atoms with E-state index in [0.717, 1.165) is 12.1 Å². The van der Waals surface area contributed by atoms with Crippen LogP contribution in [0.3, 0.4) is 0 Å². The second-order valence-electron chi connectivity index (χ2n) is 5.77. The van der Waals surface area contributed by atoms with E-state index in [1.807, 2.05) is 0 Å². The molecule has 12 heteroatoms. The Hall–Kier alpha value is -3.54. The van der Waals surface area contributed by atoms with Crippen LogP contribution in [0.25, 0.3) is 0 Å². The lowest BCUT2D eigenvalue weighted by molar-refractivity contribution is -0.138. The molecule has 0 fully saturated rings. The maximum Gasteiger partial charge on any atom is 0.417 e. The summed E-state index contributed by atoms with van der Waals surface area (Å²) in [6.45, 7) is -0.0359. The Kier molecular flexibility index (Phi) is 7.20. The van der Waals surface area contributed by atoms with E-state index in [-0.39, 0.29) is 30.4 Å². The lowest BCUT2D eigenvalue weighted by Gasteiger charge is -2.08. The molecule has 0 aliphatic rings. The number of carboxylic acid groups (broad SMARTS) is 1. The number of halogens is 3. The van der Waals surface area contributed by atoms with Crippen LogP contribution in [0.5, 0.6) is 11.6 Å². The SMILES string of the molecule is NC(=NN=NC[C@H](N)CC(=O)O)c1cccc(Oc2ccc(C(F)(F)F)cn2)c1. The zero-order chi connectivity index (χ0) is 21.4. The molecule has 1 aromatic carbocycles. The first kappa shape index (κ1) is 21.8. The summed E-state index contributed by atoms with van der Waals surface area (Å²) in [5.74, 6) is -0.812. The molecule has 154 valence electrons. The zero-order valence-corrected chi connectivity index (χ0v) is 14.9. The molecule has 0 unspecified atom stereocenters. The number of benzene rings is 1. The number of hydrogen-bond acceptors (Lipinski definition) is 6. The smallest absolute Gasteiger partial charge is 0.417 e. The minimum Gasteiger partial charge on any atom is -0.481 e. The van der Waals surface area contributed by atoms with Crippen LogP contribution in [-0.4, -0.2) is 34.5 Å². The van der Waals surface area contributed by atoms with Crippen molar-refractivity contribution < 1.29 is 27.8 Å². The summed E-state index contributed by atoms with van der Waals surface area (Å²) < 4.78 is 43.1. The fourth-order valence-corrected chi connectivity index (χ4v) is 2.02. The summed E-state index contributed by atoms with van der Waals surface area (Å²) in [4.78, 5) is 14.1. The van der Waals surface area contributed by atoms with Gasteiger partial charge in [0.1, 0.15) is 5.75 Å². The number of pyridine rings is 1. The molecule has 2 aromatic rings. The molecule has 0 bridgehead atoms. The van der Waals surface area contributed by atoms with Crippen LogP contribution >= 0.6 is 0 Å². The average Bonchev–Trinajstić information content (AvgIpc) is 2.64. The molecule has 29 heavy (non-hydrogen) atoms. The van der Waals surface area contributed by atoms with Gasteiger partial charge in [-0.25, -0.2) is 4.98 Å². The van der Waals surface area contributed by atoms with E-state index < -0.39 is 23.8 Å². The standard InChI is InChI=1S/C17H17F3N6O3/c18-17(19,20)11-4-5-14(23-8-11)29-13-3-1-2-10(6-13)16(22)25-26-24-9-12(21)7-15(27)28/h1-6,8,12H,7,9,21H2,(H,27,28)(H2,22,24,25)/t12-/m1/s1. The Morgan fingerprint density at radius 1 is 1.28 bits per heavy atom. The molecule has 9 nitrogen and oxygen atoms in total. The molecule has 0 aliphatic heterocycles. The number of rotatable bonds is 8. The van der Waals surface area contributed by atoms with Crippen LogP contribution in [-0.2, 0) is 11.0 Å². The molecular weight excluding hydrogens is 393 g/mol. The van der Waals surface area contributed by atoms with E-state index in [1.54, 1.807) is 18.2 Å². The summed E-state index contributed by atoms with van der Waals surface area (Å²) >= 11 is 0. The number of aromatic nitrogens is 1. The second kappa shape index (κ2) is 9.59. The van der Waals surface area contributed by atoms with Gasteiger partial charge in [-0.1, -0.05) is 12.1 Å². The van der Waals surface area contributed by atoms with Crippen molar-refractivity contribution in [2.45, 2.75) is 18.6 Å². The number of ether oxygens (including phenoxy) is 1. The minimum atomic E-state index is -4.48. The van der Waals surface area contributed by atoms with Crippen molar-refractivity contribution in [3.8, 4) is 11.6 Å². The monoisotopic (exact) mass is 410 g/mol. The highest BCUT2D eigenvalue weighted by Crippen LogP contribution is 2.30. The van der Waals surface area contributed by atoms with E-state index in [9.17, 15) is 18.0 Å². The van der Waals surface area contributed by atoms with Crippen molar-refractivity contribution in [2.75, 3.05) is 6.54 Å². The molecule has 2 rings (SSSR count). The zero-order valence-electron chi connectivity index (χ0n) is 14.9. The Balaban J connectivity index is 2.02. The van der Waals surface area contributed by atoms with Gasteiger partial charge in [-0.3, -0.25) is 4.79 Å². The molecule has 1 aromatic heterocycles. The molecule has 1 heterocycles. The van der Waals surface area contributed by atoms with Crippen LogP contribution < -0.4 is 16.2 Å². The first-order valence-corrected chi connectivity index (χ1v) is 8.14. The number of amidine groups is 1. The number of alkyl halides is 3. The number of aliphatic carboxylic acids is 1. The van der Waals surface area contributed by atoms with Gasteiger partial charge in [0.15, 0.2) is 5.84 Å². The van der Waals surface area contributed by atoms with Gasteiger partial charge in [-0.05, 0) is 23.4 Å². The van der Waals surface area contributed by atoms with Crippen LogP contribution in [0.4, 0.5) is 13.2 Å². The molecule has 0 amide bonds. The average molecular weight is 410 g/mol. The fraction of sp³-hybridized carbons (Fsp3) is 0.235. The van der Waals surface area contributed by atoms with Crippen LogP contribution in [0.2, 0.25) is 0 Å². The lowest BCUT2D eigenvalue weighted by Crippen LogP contribution is -2.26. The molecule has 0 spiro atoms. The number of nitrogens with zero attached hydrogens (tertiary/aromatic N) is 4. The molecular formula is C17H17F3N6O3. The van der Waals surface area contributed by atoms with E-state index in [1.165, 1.54) is 6.07 Å². The van der Waals surface area contributed by atoms with Gasteiger partial charge in [0, 0.05) is 23.9 Å². The Morgan fingerprint density at radius 2 is 2.03 bits per heavy atom. The van der Waals surface area contributed by atoms with Gasteiger partial charge in [0.05, 0.1) is 18.5 Å². The third-order valence-corrected chi connectivity index (χ3v) is 3.38. The van der Waals surface area contributed by atoms with Gasteiger partial charge in [-0.2, -0.15) is 18.3 Å². The number of carbonyl (C=O) groups is 1. The van der Waals surface area contributed by atoms with Crippen LogP contribution in [0, 0.1) is 0 Å². The van der Waals surface area contributed by atoms with Crippen molar-refractivity contribution >= 4 is 11.8 Å². The van der Waals surface area contributed by atoms with E-state index in [2.05, 4.69) is 20.4 Å². The molecule has 5 N–H and O–H groups in total. The Labute approximate surface area is 162 Å². The predicted octanol–water partition coefficient (Wildman–Crippen LogP) is 2.77. The van der Waals surface area contributed by atoms with Crippen molar-refractivity contribution in [1.29, 1.82) is 0 Å². The van der Waals surface area contributed by atoms with Gasteiger partial charge < -0.3 is 21.3 Å². The Morgan fingerprint density at radius 3 is 2.66 bits per heavy atom. The maximum absolute atomic E-state index is 12.6. The summed E-state index contributed by atoms with van der Waals surface area (Å²) in [6, 6.07) is 7.51. The van der Waals surface area contributed by atoms with Gasteiger partial charge in [0.2, 0.25) is 5.88 Å². The largest absolute Gasteiger partial charge is 0.481 e. The summed E-state index contributed by atoms with van der Waals surface area (Å²) in [5, 5.41) is 19.4. The van der Waals surface area contributed by atoms with Gasteiger partial charge >= 0.3 is 12.1 Å². The number of nitrogens with two attached hydrogens (primary N) is 2. The highest BCUT2D eigenvalue weighted by molar-refractivity contribution is 5.97. The molecule has 0 radical (unpaired) electrons. The highest BCUT2D eigenvalue weighted by atomic mass is 19.4. The van der Waals surface area contributed by atoms with Crippen molar-refractivity contribution in [3.63, 3.8) is 0 Å². The molecule has 0 saturated carbocycles. The third-order valence-electron chi connectivity index (χ3n) is 3.38. The van der Waals surface area contributed by atoms with Crippen LogP contribution in [0.15, 0.2) is 58.0 Å². The van der Waals surface area contributed by atoms with Gasteiger partial charge in [-0.15, -0.1) is 5.10 Å². The first-order chi connectivity index (χ1) is 13.6. The van der Waals surface area contributed by atoms with Crippen LogP contribution in [0.1, 0.15) is 17.5 Å². The number of carboxylic acids is 1. The van der Waals surface area contributed by atoms with E-state index in [0.29, 0.717) is 11.8 Å². The predicted molar refractivity (Wildman–Crippen MR) is 96.4 cm³/mol. The third kappa shape index (κ3) is 7.18. The van der Waals surface area contributed by atoms with E-state index >= 15 is 0 Å². The molecule has 0 saturated heterocycles. The highest BCUT2D eigenvalue weighted by Gasteiger charge is 2.30. The summed E-state index contributed by atoms with van der Waals surface area (Å²) in [7, 11) is 0. The lowest BCUT2D eigenvalue weighted by atomic mass is 10.2. The number of hydrogen-bond donors (Lipinski definition) is 3. The van der Waals surface area contributed by atoms with Crippen molar-refractivity contribution in [1.82, 2.24) is 4.98 Å². The molecule has 0 aliphatic carbocycles. The second-order valence-corrected chi connectivity index (χ2v) is 5.77. The first-order valence-electron chi connectivity index (χ1n) is 8.14. The minimum absolute atomic E-state index is 0.00798. The van der Waals surface area contributed by atoms with Crippen molar-refractivity contribution in [2.24, 2.45) is 26.9 Å². The van der Waals surface area contributed by atoms with E-state index in [4.69, 9.17) is 21.3 Å². The topological polar surface area (TPSA) is 149 Å². The summed E-state index contributed by atoms with van der Waals surface area (Å²) in [6.07, 6.45) is -4.07. The van der Waals surface area contributed by atoms with Gasteiger partial charge in [0.25, 0.3) is 0 Å².